The summed E-state index contributed by atoms with van der Waals surface area (Å²) in [5.74, 6) is 1.30. The molecule has 126 valence electrons. The Balaban J connectivity index is 1.59. The van der Waals surface area contributed by atoms with E-state index in [9.17, 15) is 13.2 Å². The molecular formula is C15H27N3O3S. The number of carbonyl (C=O) groups is 1. The maximum atomic E-state index is 12.5. The van der Waals surface area contributed by atoms with Crippen molar-refractivity contribution >= 4 is 16.1 Å². The number of hydrogen-bond donors (Lipinski definition) is 1. The molecule has 0 radical (unpaired) electrons. The van der Waals surface area contributed by atoms with Crippen LogP contribution in [0.3, 0.4) is 0 Å². The van der Waals surface area contributed by atoms with Gasteiger partial charge >= 0.3 is 0 Å². The van der Waals surface area contributed by atoms with Crippen molar-refractivity contribution in [1.29, 1.82) is 0 Å². The van der Waals surface area contributed by atoms with Crippen molar-refractivity contribution in [3.8, 4) is 0 Å². The first-order valence-electron chi connectivity index (χ1n) is 8.36. The van der Waals surface area contributed by atoms with E-state index < -0.39 is 10.2 Å². The molecule has 6 nitrogen and oxygen atoms in total. The molecule has 1 heterocycles. The summed E-state index contributed by atoms with van der Waals surface area (Å²) in [6.07, 6.45) is 6.46. The second kappa shape index (κ2) is 6.09. The fourth-order valence-electron chi connectivity index (χ4n) is 4.32. The van der Waals surface area contributed by atoms with Gasteiger partial charge in [-0.1, -0.05) is 6.42 Å². The number of nitrogens with zero attached hydrogens (tertiary/aromatic N) is 2. The molecule has 1 N–H and O–H groups in total. The van der Waals surface area contributed by atoms with Crippen LogP contribution >= 0.6 is 0 Å². The molecular weight excluding hydrogens is 302 g/mol. The lowest BCUT2D eigenvalue weighted by Crippen LogP contribution is -2.50. The van der Waals surface area contributed by atoms with E-state index in [0.29, 0.717) is 25.0 Å². The minimum absolute atomic E-state index is 0.0520. The zero-order valence-corrected chi connectivity index (χ0v) is 14.3. The van der Waals surface area contributed by atoms with Gasteiger partial charge in [0.25, 0.3) is 10.2 Å². The molecule has 0 aromatic carbocycles. The minimum Gasteiger partial charge on any atom is -0.353 e. The summed E-state index contributed by atoms with van der Waals surface area (Å²) < 4.78 is 27.1. The van der Waals surface area contributed by atoms with E-state index in [0.717, 1.165) is 25.2 Å². The van der Waals surface area contributed by atoms with Gasteiger partial charge in [0.15, 0.2) is 0 Å². The maximum Gasteiger partial charge on any atom is 0.281 e. The van der Waals surface area contributed by atoms with Crippen LogP contribution in [0.2, 0.25) is 0 Å². The normalized spacial score (nSPS) is 36.0. The van der Waals surface area contributed by atoms with Crippen molar-refractivity contribution < 1.29 is 13.2 Å². The van der Waals surface area contributed by atoms with E-state index in [1.165, 1.54) is 42.0 Å². The van der Waals surface area contributed by atoms with E-state index in [4.69, 9.17) is 0 Å². The summed E-state index contributed by atoms with van der Waals surface area (Å²) in [5.41, 5.74) is 0. The highest BCUT2D eigenvalue weighted by molar-refractivity contribution is 7.86. The first-order valence-corrected chi connectivity index (χ1v) is 9.75. The molecule has 0 spiro atoms. The average molecular weight is 329 g/mol. The molecule has 1 aliphatic heterocycles. The first-order chi connectivity index (χ1) is 10.4. The molecule has 3 aliphatic rings. The summed E-state index contributed by atoms with van der Waals surface area (Å²) in [4.78, 5) is 12.5. The number of rotatable bonds is 4. The van der Waals surface area contributed by atoms with E-state index in [-0.39, 0.29) is 11.8 Å². The molecule has 0 aromatic rings. The molecule has 4 atom stereocenters. The summed E-state index contributed by atoms with van der Waals surface area (Å²) in [6.45, 7) is 0.825. The Labute approximate surface area is 133 Å². The van der Waals surface area contributed by atoms with E-state index in [1.54, 1.807) is 0 Å². The minimum atomic E-state index is -3.42. The summed E-state index contributed by atoms with van der Waals surface area (Å²) in [7, 11) is -0.343. The van der Waals surface area contributed by atoms with Crippen LogP contribution < -0.4 is 5.32 Å². The Morgan fingerprint density at radius 3 is 2.55 bits per heavy atom. The number of nitrogens with one attached hydrogen (secondary N) is 1. The van der Waals surface area contributed by atoms with Crippen LogP contribution in [-0.4, -0.2) is 56.2 Å². The van der Waals surface area contributed by atoms with Crippen LogP contribution in [0, 0.1) is 17.8 Å². The molecule has 0 unspecified atom stereocenters. The predicted molar refractivity (Wildman–Crippen MR) is 84.3 cm³/mol. The molecule has 3 rings (SSSR count). The molecule has 3 fully saturated rings. The van der Waals surface area contributed by atoms with Crippen LogP contribution in [0.15, 0.2) is 0 Å². The van der Waals surface area contributed by atoms with E-state index in [1.807, 2.05) is 0 Å². The highest BCUT2D eigenvalue weighted by Gasteiger charge is 2.41. The van der Waals surface area contributed by atoms with Crippen molar-refractivity contribution in [2.75, 3.05) is 27.2 Å². The van der Waals surface area contributed by atoms with Gasteiger partial charge in [0.2, 0.25) is 5.91 Å². The van der Waals surface area contributed by atoms with Crippen molar-refractivity contribution in [2.24, 2.45) is 17.8 Å². The van der Waals surface area contributed by atoms with Gasteiger partial charge in [-0.25, -0.2) is 0 Å². The molecule has 2 bridgehead atoms. The highest BCUT2D eigenvalue weighted by atomic mass is 32.2. The van der Waals surface area contributed by atoms with Gasteiger partial charge in [0.1, 0.15) is 0 Å². The second-order valence-electron chi connectivity index (χ2n) is 7.28. The fraction of sp³-hybridized carbons (Fsp3) is 0.933. The summed E-state index contributed by atoms with van der Waals surface area (Å²) in [5, 5.41) is 3.21. The highest BCUT2D eigenvalue weighted by Crippen LogP contribution is 2.44. The second-order valence-corrected chi connectivity index (χ2v) is 9.42. The number of fused-ring (bicyclic) bond motifs is 2. The van der Waals surface area contributed by atoms with Crippen LogP contribution in [0.4, 0.5) is 0 Å². The monoisotopic (exact) mass is 329 g/mol. The first kappa shape index (κ1) is 16.2. The topological polar surface area (TPSA) is 69.7 Å². The molecule has 1 saturated heterocycles. The third kappa shape index (κ3) is 3.03. The van der Waals surface area contributed by atoms with Gasteiger partial charge in [0.05, 0.1) is 5.92 Å². The van der Waals surface area contributed by atoms with Crippen molar-refractivity contribution in [2.45, 2.75) is 44.6 Å². The average Bonchev–Trinajstić information content (AvgIpc) is 3.09. The Morgan fingerprint density at radius 1 is 1.18 bits per heavy atom. The lowest BCUT2D eigenvalue weighted by molar-refractivity contribution is -0.127. The molecule has 2 aliphatic carbocycles. The van der Waals surface area contributed by atoms with Gasteiger partial charge in [-0.05, 0) is 43.9 Å². The number of carbonyl (C=O) groups excluding carboxylic acids is 1. The lowest BCUT2D eigenvalue weighted by atomic mass is 9.93. The zero-order valence-electron chi connectivity index (χ0n) is 13.5. The van der Waals surface area contributed by atoms with Gasteiger partial charge in [-0.3, -0.25) is 4.79 Å². The van der Waals surface area contributed by atoms with Gasteiger partial charge in [-0.15, -0.1) is 0 Å². The van der Waals surface area contributed by atoms with Crippen LogP contribution in [0.25, 0.3) is 0 Å². The molecule has 7 heteroatoms. The predicted octanol–water partition coefficient (Wildman–Crippen LogP) is 0.810. The summed E-state index contributed by atoms with van der Waals surface area (Å²) >= 11 is 0. The smallest absolute Gasteiger partial charge is 0.281 e. The van der Waals surface area contributed by atoms with E-state index >= 15 is 0 Å². The van der Waals surface area contributed by atoms with Crippen molar-refractivity contribution in [3.63, 3.8) is 0 Å². The van der Waals surface area contributed by atoms with Gasteiger partial charge in [-0.2, -0.15) is 17.0 Å². The molecule has 22 heavy (non-hydrogen) atoms. The number of hydrogen-bond acceptors (Lipinski definition) is 3. The van der Waals surface area contributed by atoms with Crippen molar-refractivity contribution in [1.82, 2.24) is 13.9 Å². The zero-order chi connectivity index (χ0) is 15.9. The number of piperidine rings is 1. The number of amides is 1. The van der Waals surface area contributed by atoms with Crippen molar-refractivity contribution in [3.05, 3.63) is 0 Å². The Hall–Kier alpha value is -0.660. The lowest BCUT2D eigenvalue weighted by Gasteiger charge is -2.34. The maximum absolute atomic E-state index is 12.5. The molecule has 2 saturated carbocycles. The Morgan fingerprint density at radius 2 is 1.95 bits per heavy atom. The third-order valence-corrected chi connectivity index (χ3v) is 7.52. The van der Waals surface area contributed by atoms with Gasteiger partial charge in [0, 0.05) is 33.2 Å². The molecule has 0 aromatic heterocycles. The van der Waals surface area contributed by atoms with Crippen LogP contribution in [0.1, 0.15) is 38.5 Å². The van der Waals surface area contributed by atoms with Crippen LogP contribution in [-0.2, 0) is 15.0 Å². The Bertz CT molecular complexity index is 534. The van der Waals surface area contributed by atoms with E-state index in [2.05, 4.69) is 5.32 Å². The van der Waals surface area contributed by atoms with Crippen LogP contribution in [0.5, 0.6) is 0 Å². The SMILES string of the molecule is CN(C)S(=O)(=O)N1CCC[C@@H](C(=O)N[C@H]2C[C@H]3CC[C@H]2C3)C1. The fourth-order valence-corrected chi connectivity index (χ4v) is 5.51. The quantitative estimate of drug-likeness (QED) is 0.830. The van der Waals surface area contributed by atoms with Gasteiger partial charge < -0.3 is 5.32 Å². The largest absolute Gasteiger partial charge is 0.353 e. The summed E-state index contributed by atoms with van der Waals surface area (Å²) in [6, 6.07) is 0.326. The third-order valence-electron chi connectivity index (χ3n) is 5.61. The standard InChI is InChI=1S/C15H27N3O3S/c1-17(2)22(20,21)18-7-3-4-13(10-18)15(19)16-14-9-11-5-6-12(14)8-11/h11-14H,3-10H2,1-2H3,(H,16,19)/t11-,12-,13+,14-/m0/s1. The Kier molecular flexibility index (Phi) is 4.49. The molecule has 1 amide bonds.